The van der Waals surface area contributed by atoms with E-state index in [1.807, 2.05) is 6.07 Å². The maximum absolute atomic E-state index is 8.97. The average molecular weight is 216 g/mol. The third-order valence-electron chi connectivity index (χ3n) is 2.32. The van der Waals surface area contributed by atoms with Crippen molar-refractivity contribution in [2.45, 2.75) is 0 Å². The summed E-state index contributed by atoms with van der Waals surface area (Å²) in [5.41, 5.74) is 2.22. The third-order valence-corrected chi connectivity index (χ3v) is 2.32. The summed E-state index contributed by atoms with van der Waals surface area (Å²) in [4.78, 5) is 7.13. The first-order valence-corrected chi connectivity index (χ1v) is 4.96. The van der Waals surface area contributed by atoms with E-state index in [9.17, 15) is 0 Å². The second-order valence-corrected chi connectivity index (χ2v) is 3.32. The summed E-state index contributed by atoms with van der Waals surface area (Å²) < 4.78 is 4.96. The van der Waals surface area contributed by atoms with Gasteiger partial charge in [-0.15, -0.1) is 0 Å². The molecule has 16 heavy (non-hydrogen) atoms. The summed E-state index contributed by atoms with van der Waals surface area (Å²) >= 11 is 0. The molecule has 0 aliphatic carbocycles. The number of hydrogen-bond acceptors (Lipinski definition) is 4. The average Bonchev–Trinajstić information content (AvgIpc) is 2.73. The molecule has 2 aromatic rings. The van der Waals surface area contributed by atoms with Crippen LogP contribution in [0.4, 0.5) is 5.69 Å². The Morgan fingerprint density at radius 3 is 3.25 bits per heavy atom. The highest BCUT2D eigenvalue weighted by atomic mass is 16.5. The summed E-state index contributed by atoms with van der Waals surface area (Å²) in [7, 11) is 1.65. The van der Waals surface area contributed by atoms with Crippen molar-refractivity contribution in [1.82, 2.24) is 9.97 Å². The van der Waals surface area contributed by atoms with E-state index in [1.54, 1.807) is 19.5 Å². The van der Waals surface area contributed by atoms with Crippen molar-refractivity contribution < 1.29 is 4.74 Å². The smallest absolute Gasteiger partial charge is 0.140 e. The van der Waals surface area contributed by atoms with Gasteiger partial charge in [0.05, 0.1) is 17.6 Å². The minimum atomic E-state index is 0.600. The summed E-state index contributed by atoms with van der Waals surface area (Å²) in [6.07, 6.45) is 3.37. The van der Waals surface area contributed by atoms with Gasteiger partial charge in [-0.25, -0.2) is 4.98 Å². The van der Waals surface area contributed by atoms with Gasteiger partial charge in [-0.3, -0.25) is 0 Å². The number of nitrogens with zero attached hydrogens (tertiary/aromatic N) is 2. The Hall–Kier alpha value is -2.06. The molecule has 2 aromatic heterocycles. The van der Waals surface area contributed by atoms with Gasteiger partial charge in [0.1, 0.15) is 11.7 Å². The van der Waals surface area contributed by atoms with E-state index in [0.29, 0.717) is 18.7 Å². The molecule has 0 fully saturated rings. The second-order valence-electron chi connectivity index (χ2n) is 3.32. The van der Waals surface area contributed by atoms with E-state index in [2.05, 4.69) is 21.4 Å². The van der Waals surface area contributed by atoms with Crippen LogP contribution in [-0.2, 0) is 4.74 Å². The minimum Gasteiger partial charge on any atom is -0.383 e. The van der Waals surface area contributed by atoms with Crippen LogP contribution >= 0.6 is 0 Å². The maximum Gasteiger partial charge on any atom is 0.140 e. The summed E-state index contributed by atoms with van der Waals surface area (Å²) in [5, 5.41) is 13.0. The number of rotatable bonds is 4. The quantitative estimate of drug-likeness (QED) is 0.759. The van der Waals surface area contributed by atoms with E-state index in [0.717, 1.165) is 16.7 Å². The number of aromatic nitrogens is 2. The molecule has 0 saturated heterocycles. The van der Waals surface area contributed by atoms with Gasteiger partial charge in [0.25, 0.3) is 0 Å². The number of nitrogens with one attached hydrogen (secondary N) is 2. The van der Waals surface area contributed by atoms with Crippen molar-refractivity contribution >= 4 is 16.7 Å². The monoisotopic (exact) mass is 216 g/mol. The molecule has 0 atom stereocenters. The number of aromatic amines is 1. The summed E-state index contributed by atoms with van der Waals surface area (Å²) in [5.74, 6) is 0. The molecule has 2 heterocycles. The van der Waals surface area contributed by atoms with Crippen LogP contribution in [0.3, 0.4) is 0 Å². The lowest BCUT2D eigenvalue weighted by Crippen LogP contribution is -2.07. The van der Waals surface area contributed by atoms with Crippen molar-refractivity contribution in [3.63, 3.8) is 0 Å². The first-order chi connectivity index (χ1) is 7.86. The van der Waals surface area contributed by atoms with Crippen LogP contribution in [0.15, 0.2) is 18.5 Å². The van der Waals surface area contributed by atoms with E-state index in [1.165, 1.54) is 0 Å². The highest BCUT2D eigenvalue weighted by Gasteiger charge is 2.08. The van der Waals surface area contributed by atoms with Crippen LogP contribution in [0.2, 0.25) is 0 Å². The van der Waals surface area contributed by atoms with Crippen LogP contribution in [0, 0.1) is 11.3 Å². The number of pyridine rings is 1. The number of anilines is 1. The normalized spacial score (nSPS) is 10.2. The predicted molar refractivity (Wildman–Crippen MR) is 61.2 cm³/mol. The molecule has 0 saturated carbocycles. The van der Waals surface area contributed by atoms with Crippen molar-refractivity contribution in [2.75, 3.05) is 25.6 Å². The number of fused-ring (bicyclic) bond motifs is 1. The van der Waals surface area contributed by atoms with Gasteiger partial charge in [-0.05, 0) is 6.07 Å². The lowest BCUT2D eigenvalue weighted by Gasteiger charge is -2.06. The van der Waals surface area contributed by atoms with Crippen LogP contribution < -0.4 is 5.32 Å². The van der Waals surface area contributed by atoms with Crippen molar-refractivity contribution in [1.29, 1.82) is 5.26 Å². The molecule has 82 valence electrons. The molecule has 2 N–H and O–H groups in total. The lowest BCUT2D eigenvalue weighted by molar-refractivity contribution is 0.211. The Balaban J connectivity index is 2.36. The Labute approximate surface area is 93.1 Å². The number of H-pyrrole nitrogens is 1. The van der Waals surface area contributed by atoms with E-state index in [-0.39, 0.29) is 0 Å². The molecule has 0 radical (unpaired) electrons. The molecule has 0 bridgehead atoms. The first kappa shape index (κ1) is 10.5. The van der Waals surface area contributed by atoms with Gasteiger partial charge in [-0.1, -0.05) is 0 Å². The van der Waals surface area contributed by atoms with Gasteiger partial charge < -0.3 is 15.0 Å². The molecular formula is C11H12N4O. The van der Waals surface area contributed by atoms with Crippen molar-refractivity contribution in [3.8, 4) is 6.07 Å². The largest absolute Gasteiger partial charge is 0.383 e. The van der Waals surface area contributed by atoms with Gasteiger partial charge in [0.15, 0.2) is 0 Å². The standard InChI is InChI=1S/C11H12N4O/c1-16-5-4-13-9-2-3-14-11-10(9)8(6-12)7-15-11/h2-3,7H,4-5H2,1H3,(H2,13,14,15). The molecule has 0 aliphatic heterocycles. The number of ether oxygens (including phenoxy) is 1. The van der Waals surface area contributed by atoms with Gasteiger partial charge >= 0.3 is 0 Å². The highest BCUT2D eigenvalue weighted by Crippen LogP contribution is 2.24. The van der Waals surface area contributed by atoms with E-state index < -0.39 is 0 Å². The minimum absolute atomic E-state index is 0.600. The number of methoxy groups -OCH3 is 1. The van der Waals surface area contributed by atoms with Crippen LogP contribution in [-0.4, -0.2) is 30.2 Å². The molecule has 0 unspecified atom stereocenters. The number of nitriles is 1. The molecule has 5 heteroatoms. The van der Waals surface area contributed by atoms with E-state index in [4.69, 9.17) is 10.00 Å². The Morgan fingerprint density at radius 2 is 2.50 bits per heavy atom. The Morgan fingerprint density at radius 1 is 1.62 bits per heavy atom. The molecule has 0 aromatic carbocycles. The molecule has 0 aliphatic rings. The Kier molecular flexibility index (Phi) is 3.03. The van der Waals surface area contributed by atoms with Crippen LogP contribution in [0.1, 0.15) is 5.56 Å². The first-order valence-electron chi connectivity index (χ1n) is 4.96. The second kappa shape index (κ2) is 4.64. The van der Waals surface area contributed by atoms with Crippen LogP contribution in [0.25, 0.3) is 11.0 Å². The fourth-order valence-corrected chi connectivity index (χ4v) is 1.58. The topological polar surface area (TPSA) is 73.7 Å². The molecule has 2 rings (SSSR count). The summed E-state index contributed by atoms with van der Waals surface area (Å²) in [6, 6.07) is 3.99. The SMILES string of the molecule is COCCNc1ccnc2[nH]cc(C#N)c12. The van der Waals surface area contributed by atoms with Gasteiger partial charge in [0, 0.05) is 31.7 Å². The third kappa shape index (κ3) is 1.83. The zero-order chi connectivity index (χ0) is 11.4. The van der Waals surface area contributed by atoms with Crippen molar-refractivity contribution in [3.05, 3.63) is 24.0 Å². The zero-order valence-corrected chi connectivity index (χ0v) is 8.95. The maximum atomic E-state index is 8.97. The summed E-state index contributed by atoms with van der Waals surface area (Å²) in [6.45, 7) is 1.32. The molecule has 5 nitrogen and oxygen atoms in total. The number of hydrogen-bond donors (Lipinski definition) is 2. The molecule has 0 spiro atoms. The van der Waals surface area contributed by atoms with Crippen molar-refractivity contribution in [2.24, 2.45) is 0 Å². The Bertz CT molecular complexity index is 526. The fraction of sp³-hybridized carbons (Fsp3) is 0.273. The van der Waals surface area contributed by atoms with Gasteiger partial charge in [-0.2, -0.15) is 5.26 Å². The van der Waals surface area contributed by atoms with Crippen LogP contribution in [0.5, 0.6) is 0 Å². The fourth-order valence-electron chi connectivity index (χ4n) is 1.58. The lowest BCUT2D eigenvalue weighted by atomic mass is 10.2. The highest BCUT2D eigenvalue weighted by molar-refractivity contribution is 5.94. The molecule has 0 amide bonds. The molecular weight excluding hydrogens is 204 g/mol. The van der Waals surface area contributed by atoms with Gasteiger partial charge in [0.2, 0.25) is 0 Å². The van der Waals surface area contributed by atoms with E-state index >= 15 is 0 Å². The predicted octanol–water partition coefficient (Wildman–Crippen LogP) is 1.49. The zero-order valence-electron chi connectivity index (χ0n) is 8.95.